The van der Waals surface area contributed by atoms with Gasteiger partial charge in [-0.15, -0.1) is 0 Å². The van der Waals surface area contributed by atoms with Crippen molar-refractivity contribution in [3.63, 3.8) is 0 Å². The van der Waals surface area contributed by atoms with Gasteiger partial charge in [-0.2, -0.15) is 18.3 Å². The SMILES string of the molecule is Cc1ccc(S(=O)(=O)Nc2ccc(-n3nc(C(F)(F)F)c4c3CCCC4)c(Cl)c2)cc1. The van der Waals surface area contributed by atoms with Crippen LogP contribution in [0.25, 0.3) is 5.69 Å². The van der Waals surface area contributed by atoms with Gasteiger partial charge >= 0.3 is 6.18 Å². The Balaban J connectivity index is 1.69. The number of nitrogens with one attached hydrogen (secondary N) is 1. The van der Waals surface area contributed by atoms with E-state index in [9.17, 15) is 21.6 Å². The van der Waals surface area contributed by atoms with Gasteiger partial charge in [-0.3, -0.25) is 4.72 Å². The zero-order chi connectivity index (χ0) is 22.4. The first kappa shape index (κ1) is 21.7. The van der Waals surface area contributed by atoms with Crippen molar-refractivity contribution in [3.8, 4) is 5.69 Å². The van der Waals surface area contributed by atoms with Gasteiger partial charge < -0.3 is 0 Å². The Morgan fingerprint density at radius 2 is 1.74 bits per heavy atom. The molecule has 1 N–H and O–H groups in total. The van der Waals surface area contributed by atoms with E-state index in [2.05, 4.69) is 9.82 Å². The maximum absolute atomic E-state index is 13.5. The third kappa shape index (κ3) is 4.29. The minimum absolute atomic E-state index is 0.0914. The highest BCUT2D eigenvalue weighted by Gasteiger charge is 2.39. The van der Waals surface area contributed by atoms with E-state index >= 15 is 0 Å². The number of benzene rings is 2. The average Bonchev–Trinajstić information content (AvgIpc) is 3.08. The minimum atomic E-state index is -4.55. The topological polar surface area (TPSA) is 64.0 Å². The van der Waals surface area contributed by atoms with E-state index in [0.29, 0.717) is 25.0 Å². The number of rotatable bonds is 4. The Hall–Kier alpha value is -2.52. The largest absolute Gasteiger partial charge is 0.435 e. The quantitative estimate of drug-likeness (QED) is 0.546. The Kier molecular flexibility index (Phi) is 5.51. The third-order valence-electron chi connectivity index (χ3n) is 5.21. The van der Waals surface area contributed by atoms with Crippen molar-refractivity contribution in [3.05, 3.63) is 70.0 Å². The average molecular weight is 470 g/mol. The number of hydrogen-bond acceptors (Lipinski definition) is 3. The van der Waals surface area contributed by atoms with Gasteiger partial charge in [0.05, 0.1) is 21.3 Å². The molecule has 0 spiro atoms. The van der Waals surface area contributed by atoms with Crippen molar-refractivity contribution in [1.82, 2.24) is 9.78 Å². The number of alkyl halides is 3. The van der Waals surface area contributed by atoms with Crippen LogP contribution in [-0.2, 0) is 29.0 Å². The van der Waals surface area contributed by atoms with Crippen molar-refractivity contribution in [1.29, 1.82) is 0 Å². The zero-order valence-corrected chi connectivity index (χ0v) is 18.1. The highest BCUT2D eigenvalue weighted by atomic mass is 35.5. The minimum Gasteiger partial charge on any atom is -0.280 e. The molecule has 0 saturated heterocycles. The molecule has 0 bridgehead atoms. The van der Waals surface area contributed by atoms with Crippen molar-refractivity contribution in [2.45, 2.75) is 43.7 Å². The summed E-state index contributed by atoms with van der Waals surface area (Å²) in [6.45, 7) is 1.85. The molecule has 0 saturated carbocycles. The van der Waals surface area contributed by atoms with Crippen LogP contribution in [0.1, 0.15) is 35.4 Å². The molecule has 5 nitrogen and oxygen atoms in total. The third-order valence-corrected chi connectivity index (χ3v) is 6.91. The van der Waals surface area contributed by atoms with Gasteiger partial charge in [-0.1, -0.05) is 29.3 Å². The lowest BCUT2D eigenvalue weighted by Gasteiger charge is -2.16. The van der Waals surface area contributed by atoms with Gasteiger partial charge in [0, 0.05) is 11.3 Å². The smallest absolute Gasteiger partial charge is 0.280 e. The van der Waals surface area contributed by atoms with Crippen molar-refractivity contribution in [2.24, 2.45) is 0 Å². The van der Waals surface area contributed by atoms with Crippen molar-refractivity contribution < 1.29 is 21.6 Å². The van der Waals surface area contributed by atoms with Gasteiger partial charge in [0.15, 0.2) is 5.69 Å². The number of hydrogen-bond donors (Lipinski definition) is 1. The number of fused-ring (bicyclic) bond motifs is 1. The predicted molar refractivity (Wildman–Crippen MR) is 112 cm³/mol. The summed E-state index contributed by atoms with van der Waals surface area (Å²) in [7, 11) is -3.83. The fraction of sp³-hybridized carbons (Fsp3) is 0.286. The molecule has 0 fully saturated rings. The first-order valence-electron chi connectivity index (χ1n) is 9.63. The van der Waals surface area contributed by atoms with Crippen LogP contribution in [0.15, 0.2) is 47.4 Å². The monoisotopic (exact) mass is 469 g/mol. The van der Waals surface area contributed by atoms with E-state index in [0.717, 1.165) is 12.0 Å². The number of sulfonamides is 1. The van der Waals surface area contributed by atoms with Crippen LogP contribution in [0.5, 0.6) is 0 Å². The van der Waals surface area contributed by atoms with E-state index in [1.165, 1.54) is 35.0 Å². The van der Waals surface area contributed by atoms with E-state index in [1.54, 1.807) is 12.1 Å². The zero-order valence-electron chi connectivity index (χ0n) is 16.5. The van der Waals surface area contributed by atoms with Gasteiger partial charge in [-0.25, -0.2) is 13.1 Å². The molecule has 1 aromatic heterocycles. The Morgan fingerprint density at radius 1 is 1.06 bits per heavy atom. The second kappa shape index (κ2) is 7.87. The van der Waals surface area contributed by atoms with Crippen LogP contribution in [-0.4, -0.2) is 18.2 Å². The molecule has 2 aromatic carbocycles. The maximum Gasteiger partial charge on any atom is 0.435 e. The molecule has 31 heavy (non-hydrogen) atoms. The molecule has 0 unspecified atom stereocenters. The van der Waals surface area contributed by atoms with Crippen LogP contribution >= 0.6 is 11.6 Å². The summed E-state index contributed by atoms with van der Waals surface area (Å²) in [5.74, 6) is 0. The molecule has 1 heterocycles. The fourth-order valence-corrected chi connectivity index (χ4v) is 5.01. The summed E-state index contributed by atoms with van der Waals surface area (Å²) in [6, 6.07) is 10.6. The standard InChI is InChI=1S/C21H19ClF3N3O2S/c1-13-6-9-15(10-7-13)31(29,30)27-14-8-11-19(17(22)12-14)28-18-5-3-2-4-16(18)20(26-28)21(23,24)25/h6-12,27H,2-5H2,1H3. The summed E-state index contributed by atoms with van der Waals surface area (Å²) in [5, 5.41) is 3.91. The molecule has 0 radical (unpaired) electrons. The van der Waals surface area contributed by atoms with E-state index < -0.39 is 21.9 Å². The lowest BCUT2D eigenvalue weighted by molar-refractivity contribution is -0.142. The second-order valence-corrected chi connectivity index (χ2v) is 9.56. The highest BCUT2D eigenvalue weighted by molar-refractivity contribution is 7.92. The second-order valence-electron chi connectivity index (χ2n) is 7.48. The number of aryl methyl sites for hydroxylation is 1. The molecule has 164 valence electrons. The molecule has 0 atom stereocenters. The molecule has 10 heteroatoms. The Morgan fingerprint density at radius 3 is 2.39 bits per heavy atom. The highest BCUT2D eigenvalue weighted by Crippen LogP contribution is 2.38. The summed E-state index contributed by atoms with van der Waals surface area (Å²) in [4.78, 5) is 0.0919. The summed E-state index contributed by atoms with van der Waals surface area (Å²) in [6.07, 6.45) is -2.33. The molecule has 3 aromatic rings. The fourth-order valence-electron chi connectivity index (χ4n) is 3.70. The van der Waals surface area contributed by atoms with E-state index in [1.807, 2.05) is 6.92 Å². The number of anilines is 1. The van der Waals surface area contributed by atoms with E-state index in [-0.39, 0.29) is 26.9 Å². The Bertz CT molecular complexity index is 1240. The van der Waals surface area contributed by atoms with Crippen LogP contribution in [0.4, 0.5) is 18.9 Å². The number of nitrogens with zero attached hydrogens (tertiary/aromatic N) is 2. The maximum atomic E-state index is 13.5. The van der Waals surface area contributed by atoms with Crippen molar-refractivity contribution in [2.75, 3.05) is 4.72 Å². The number of aromatic nitrogens is 2. The molecule has 0 aliphatic heterocycles. The molecular formula is C21H19ClF3N3O2S. The normalized spacial score (nSPS) is 14.4. The van der Waals surface area contributed by atoms with Crippen LogP contribution in [0.2, 0.25) is 5.02 Å². The summed E-state index contributed by atoms with van der Waals surface area (Å²) < 4.78 is 69.2. The van der Waals surface area contributed by atoms with Gasteiger partial charge in [0.25, 0.3) is 10.0 Å². The predicted octanol–water partition coefficient (Wildman–Crippen LogP) is 5.53. The van der Waals surface area contributed by atoms with Gasteiger partial charge in [0.2, 0.25) is 0 Å². The molecule has 1 aliphatic rings. The summed E-state index contributed by atoms with van der Waals surface area (Å²) >= 11 is 6.35. The van der Waals surface area contributed by atoms with Crippen LogP contribution in [0, 0.1) is 6.92 Å². The molecule has 0 amide bonds. The Labute approximate surface area is 182 Å². The lowest BCUT2D eigenvalue weighted by atomic mass is 9.95. The lowest BCUT2D eigenvalue weighted by Crippen LogP contribution is -2.13. The van der Waals surface area contributed by atoms with E-state index in [4.69, 9.17) is 11.6 Å². The molecule has 1 aliphatic carbocycles. The number of halogens is 4. The molecule has 4 rings (SSSR count). The van der Waals surface area contributed by atoms with Crippen molar-refractivity contribution >= 4 is 27.3 Å². The summed E-state index contributed by atoms with van der Waals surface area (Å²) in [5.41, 5.74) is 1.21. The van der Waals surface area contributed by atoms with Crippen LogP contribution in [0.3, 0.4) is 0 Å². The van der Waals surface area contributed by atoms with Gasteiger partial charge in [0.1, 0.15) is 0 Å². The van der Waals surface area contributed by atoms with Gasteiger partial charge in [-0.05, 0) is 62.9 Å². The first-order valence-corrected chi connectivity index (χ1v) is 11.5. The van der Waals surface area contributed by atoms with Crippen LogP contribution < -0.4 is 4.72 Å². The molecular weight excluding hydrogens is 451 g/mol. The first-order chi connectivity index (χ1) is 14.6.